The van der Waals surface area contributed by atoms with E-state index < -0.39 is 17.8 Å². The Balaban J connectivity index is 1.29. The van der Waals surface area contributed by atoms with Crippen molar-refractivity contribution in [2.75, 3.05) is 5.32 Å². The summed E-state index contributed by atoms with van der Waals surface area (Å²) in [7, 11) is 0. The number of carbonyl (C=O) groups excluding carboxylic acids is 1. The molecule has 0 aliphatic heterocycles. The largest absolute Gasteiger partial charge is 0.481 e. The normalized spacial score (nSPS) is 18.0. The van der Waals surface area contributed by atoms with Crippen LogP contribution in [0.3, 0.4) is 0 Å². The van der Waals surface area contributed by atoms with Crippen LogP contribution in [0.4, 0.5) is 10.8 Å². The molecule has 160 valence electrons. The summed E-state index contributed by atoms with van der Waals surface area (Å²) >= 11 is 1.62. The van der Waals surface area contributed by atoms with Gasteiger partial charge in [-0.15, -0.1) is 0 Å². The quantitative estimate of drug-likeness (QED) is 0.338. The fourth-order valence-electron chi connectivity index (χ4n) is 4.41. The molecule has 1 aromatic heterocycles. The number of hydrogen-bond acceptors (Lipinski definition) is 5. The number of carbonyl (C=O) groups is 2. The van der Waals surface area contributed by atoms with Gasteiger partial charge >= 0.3 is 5.97 Å². The molecule has 0 amide bonds. The predicted molar refractivity (Wildman–Crippen MR) is 128 cm³/mol. The molecule has 0 unspecified atom stereocenters. The molecule has 0 bridgehead atoms. The number of nitrogens with one attached hydrogen (secondary N) is 1. The van der Waals surface area contributed by atoms with Crippen LogP contribution in [0, 0.1) is 11.8 Å². The van der Waals surface area contributed by atoms with Crippen LogP contribution in [0.25, 0.3) is 21.3 Å². The lowest BCUT2D eigenvalue weighted by Gasteiger charge is -2.14. The smallest absolute Gasteiger partial charge is 0.307 e. The molecule has 4 aromatic rings. The molecule has 1 heterocycles. The summed E-state index contributed by atoms with van der Waals surface area (Å²) in [5.41, 5.74) is 4.58. The van der Waals surface area contributed by atoms with E-state index in [0.29, 0.717) is 18.4 Å². The Kier molecular flexibility index (Phi) is 5.45. The molecular weight excluding hydrogens is 420 g/mol. The van der Waals surface area contributed by atoms with Crippen molar-refractivity contribution in [1.29, 1.82) is 0 Å². The number of carboxylic acid groups (broad SMARTS) is 1. The van der Waals surface area contributed by atoms with Gasteiger partial charge in [0.1, 0.15) is 0 Å². The first kappa shape index (κ1) is 20.4. The molecule has 5 rings (SSSR count). The fourth-order valence-corrected chi connectivity index (χ4v) is 5.29. The second-order valence-corrected chi connectivity index (χ2v) is 9.14. The molecule has 1 saturated carbocycles. The highest BCUT2D eigenvalue weighted by molar-refractivity contribution is 7.22. The van der Waals surface area contributed by atoms with Crippen molar-refractivity contribution in [1.82, 2.24) is 4.98 Å². The first-order valence-corrected chi connectivity index (χ1v) is 11.5. The van der Waals surface area contributed by atoms with Crippen LogP contribution < -0.4 is 5.32 Å². The summed E-state index contributed by atoms with van der Waals surface area (Å²) in [4.78, 5) is 28.8. The highest BCUT2D eigenvalue weighted by Gasteiger charge is 2.37. The topological polar surface area (TPSA) is 79.3 Å². The van der Waals surface area contributed by atoms with Crippen LogP contribution in [0.15, 0.2) is 72.8 Å². The number of Topliss-reactive ketones (excluding diaryl/α,β-unsaturated/α-hetero) is 1. The van der Waals surface area contributed by atoms with Crippen molar-refractivity contribution in [3.8, 4) is 11.1 Å². The van der Waals surface area contributed by atoms with Crippen LogP contribution in [0.2, 0.25) is 0 Å². The van der Waals surface area contributed by atoms with E-state index in [1.54, 1.807) is 11.3 Å². The maximum absolute atomic E-state index is 12.8. The Labute approximate surface area is 189 Å². The maximum atomic E-state index is 12.8. The Morgan fingerprint density at radius 1 is 0.875 bits per heavy atom. The molecule has 2 N–H and O–H groups in total. The summed E-state index contributed by atoms with van der Waals surface area (Å²) < 4.78 is 1.15. The van der Waals surface area contributed by atoms with Gasteiger partial charge in [-0.05, 0) is 48.2 Å². The van der Waals surface area contributed by atoms with Crippen LogP contribution in [-0.4, -0.2) is 21.8 Å². The molecule has 0 radical (unpaired) electrons. The highest BCUT2D eigenvalue weighted by Crippen LogP contribution is 2.35. The van der Waals surface area contributed by atoms with E-state index in [1.807, 2.05) is 66.7 Å². The van der Waals surface area contributed by atoms with Crippen LogP contribution in [-0.2, 0) is 4.79 Å². The number of nitrogens with zero attached hydrogens (tertiary/aromatic N) is 1. The number of aliphatic carboxylic acids is 1. The third-order valence-corrected chi connectivity index (χ3v) is 7.05. The minimum Gasteiger partial charge on any atom is -0.481 e. The van der Waals surface area contributed by atoms with Crippen molar-refractivity contribution in [2.24, 2.45) is 11.8 Å². The second-order valence-electron chi connectivity index (χ2n) is 8.11. The standard InChI is InChI=1S/C26H22N2O3S/c29-24(20-4-3-5-21(20)25(30)31)18-10-8-16(9-11-18)17-12-14-19(15-13-17)27-26-28-22-6-1-2-7-23(22)32-26/h1-2,6-15,20-21H,3-5H2,(H,27,28)(H,30,31)/t20-,21-/m1/s1. The van der Waals surface area contributed by atoms with Gasteiger partial charge in [0.15, 0.2) is 10.9 Å². The average Bonchev–Trinajstić information content (AvgIpc) is 3.46. The minimum absolute atomic E-state index is 0.0585. The Hall–Kier alpha value is -3.51. The molecule has 2 atom stereocenters. The Bertz CT molecular complexity index is 1250. The number of para-hydroxylation sites is 1. The van der Waals surface area contributed by atoms with Gasteiger partial charge in [0.2, 0.25) is 0 Å². The van der Waals surface area contributed by atoms with Gasteiger partial charge in [0.05, 0.1) is 16.1 Å². The predicted octanol–water partition coefficient (Wildman–Crippen LogP) is 6.39. The van der Waals surface area contributed by atoms with Gasteiger partial charge in [0.25, 0.3) is 0 Å². The molecule has 32 heavy (non-hydrogen) atoms. The summed E-state index contributed by atoms with van der Waals surface area (Å²) in [6, 6.07) is 23.6. The van der Waals surface area contributed by atoms with Crippen molar-refractivity contribution < 1.29 is 14.7 Å². The number of benzene rings is 3. The summed E-state index contributed by atoms with van der Waals surface area (Å²) in [6.07, 6.45) is 2.03. The fraction of sp³-hybridized carbons (Fsp3) is 0.192. The molecule has 1 aliphatic rings. The van der Waals surface area contributed by atoms with Gasteiger partial charge in [0, 0.05) is 17.2 Å². The van der Waals surface area contributed by atoms with E-state index in [0.717, 1.165) is 38.6 Å². The van der Waals surface area contributed by atoms with Crippen molar-refractivity contribution >= 4 is 44.1 Å². The van der Waals surface area contributed by atoms with E-state index in [2.05, 4.69) is 16.4 Å². The average molecular weight is 443 g/mol. The lowest BCUT2D eigenvalue weighted by atomic mass is 9.88. The highest BCUT2D eigenvalue weighted by atomic mass is 32.1. The lowest BCUT2D eigenvalue weighted by Crippen LogP contribution is -2.25. The zero-order chi connectivity index (χ0) is 22.1. The van der Waals surface area contributed by atoms with Crippen LogP contribution in [0.5, 0.6) is 0 Å². The van der Waals surface area contributed by atoms with E-state index in [9.17, 15) is 14.7 Å². The van der Waals surface area contributed by atoms with Gasteiger partial charge in [-0.2, -0.15) is 0 Å². The minimum atomic E-state index is -0.864. The summed E-state index contributed by atoms with van der Waals surface area (Å²) in [6.45, 7) is 0. The van der Waals surface area contributed by atoms with Crippen LogP contribution in [0.1, 0.15) is 29.6 Å². The third kappa shape index (κ3) is 4.01. The van der Waals surface area contributed by atoms with Crippen LogP contribution >= 0.6 is 11.3 Å². The second kappa shape index (κ2) is 8.55. The lowest BCUT2D eigenvalue weighted by molar-refractivity contribution is -0.142. The van der Waals surface area contributed by atoms with E-state index in [-0.39, 0.29) is 5.78 Å². The molecule has 1 fully saturated rings. The Morgan fingerprint density at radius 2 is 1.53 bits per heavy atom. The van der Waals surface area contributed by atoms with E-state index in [4.69, 9.17) is 0 Å². The molecule has 5 nitrogen and oxygen atoms in total. The number of thiazole rings is 1. The van der Waals surface area contributed by atoms with E-state index in [1.165, 1.54) is 0 Å². The molecule has 6 heteroatoms. The zero-order valence-corrected chi connectivity index (χ0v) is 18.1. The molecule has 3 aromatic carbocycles. The molecule has 0 saturated heterocycles. The summed E-state index contributed by atoms with van der Waals surface area (Å²) in [5.74, 6) is -1.89. The number of ketones is 1. The first-order chi connectivity index (χ1) is 15.6. The number of carboxylic acids is 1. The van der Waals surface area contributed by atoms with Gasteiger partial charge in [-0.1, -0.05) is 66.3 Å². The van der Waals surface area contributed by atoms with Crippen molar-refractivity contribution in [3.05, 3.63) is 78.4 Å². The first-order valence-electron chi connectivity index (χ1n) is 10.7. The third-order valence-electron chi connectivity index (χ3n) is 6.10. The molecular formula is C26H22N2O3S. The SMILES string of the molecule is O=C(O)[C@@H]1CCC[C@H]1C(=O)c1ccc(-c2ccc(Nc3nc4ccccc4s3)cc2)cc1. The zero-order valence-electron chi connectivity index (χ0n) is 17.3. The monoisotopic (exact) mass is 442 g/mol. The number of fused-ring (bicyclic) bond motifs is 1. The van der Waals surface area contributed by atoms with Gasteiger partial charge in [-0.3, -0.25) is 9.59 Å². The Morgan fingerprint density at radius 3 is 2.22 bits per heavy atom. The number of anilines is 2. The van der Waals surface area contributed by atoms with Crippen molar-refractivity contribution in [2.45, 2.75) is 19.3 Å². The number of rotatable bonds is 6. The van der Waals surface area contributed by atoms with Gasteiger partial charge < -0.3 is 10.4 Å². The number of hydrogen-bond donors (Lipinski definition) is 2. The van der Waals surface area contributed by atoms with Gasteiger partial charge in [-0.25, -0.2) is 4.98 Å². The molecule has 0 spiro atoms. The number of aromatic nitrogens is 1. The van der Waals surface area contributed by atoms with E-state index >= 15 is 0 Å². The maximum Gasteiger partial charge on any atom is 0.307 e. The van der Waals surface area contributed by atoms with Crippen molar-refractivity contribution in [3.63, 3.8) is 0 Å². The summed E-state index contributed by atoms with van der Waals surface area (Å²) in [5, 5.41) is 13.6. The molecule has 1 aliphatic carbocycles.